The van der Waals surface area contributed by atoms with Crippen LogP contribution in [0.3, 0.4) is 0 Å². The van der Waals surface area contributed by atoms with Gasteiger partial charge in [0.05, 0.1) is 11.6 Å². The number of nitrogens with two attached hydrogens (primary N) is 1. The van der Waals surface area contributed by atoms with Crippen LogP contribution in [0.2, 0.25) is 0 Å². The second-order valence-corrected chi connectivity index (χ2v) is 5.47. The molecule has 0 bridgehead atoms. The molecule has 0 spiro atoms. The standard InChI is InChI=1S/C15H23N3O2S/c1-17(2)13-6-4-5-12(11-13)15(19)18(9-10-20-3)8-7-14(16)21/h4-6,11H,7-10H2,1-3H3,(H2,16,21). The van der Waals surface area contributed by atoms with Gasteiger partial charge in [-0.25, -0.2) is 0 Å². The van der Waals surface area contributed by atoms with Crippen molar-refractivity contribution in [2.24, 2.45) is 5.73 Å². The summed E-state index contributed by atoms with van der Waals surface area (Å²) in [5.41, 5.74) is 7.17. The SMILES string of the molecule is COCCN(CCC(N)=S)C(=O)c1cccc(N(C)C)c1. The van der Waals surface area contributed by atoms with Crippen molar-refractivity contribution in [3.63, 3.8) is 0 Å². The van der Waals surface area contributed by atoms with Crippen molar-refractivity contribution in [1.29, 1.82) is 0 Å². The summed E-state index contributed by atoms with van der Waals surface area (Å²) < 4.78 is 5.06. The first-order valence-corrected chi connectivity index (χ1v) is 7.20. The molecule has 0 aliphatic heterocycles. The predicted molar refractivity (Wildman–Crippen MR) is 90.0 cm³/mol. The fourth-order valence-electron chi connectivity index (χ4n) is 1.86. The molecule has 0 saturated carbocycles. The Bertz CT molecular complexity index is 492. The highest BCUT2D eigenvalue weighted by Gasteiger charge is 2.16. The van der Waals surface area contributed by atoms with Crippen LogP contribution in [0, 0.1) is 0 Å². The molecule has 0 saturated heterocycles. The molecule has 0 unspecified atom stereocenters. The molecule has 0 aliphatic carbocycles. The van der Waals surface area contributed by atoms with Crippen molar-refractivity contribution in [1.82, 2.24) is 4.90 Å². The Labute approximate surface area is 131 Å². The Morgan fingerprint density at radius 3 is 2.62 bits per heavy atom. The first-order valence-electron chi connectivity index (χ1n) is 6.79. The van der Waals surface area contributed by atoms with Crippen LogP contribution in [0.5, 0.6) is 0 Å². The Morgan fingerprint density at radius 2 is 2.05 bits per heavy atom. The summed E-state index contributed by atoms with van der Waals surface area (Å²) in [5.74, 6) is -0.0352. The Hall–Kier alpha value is -1.66. The number of anilines is 1. The highest BCUT2D eigenvalue weighted by atomic mass is 32.1. The maximum Gasteiger partial charge on any atom is 0.254 e. The van der Waals surface area contributed by atoms with Crippen molar-refractivity contribution in [2.45, 2.75) is 6.42 Å². The van der Waals surface area contributed by atoms with Crippen molar-refractivity contribution < 1.29 is 9.53 Å². The number of amides is 1. The van der Waals surface area contributed by atoms with E-state index < -0.39 is 0 Å². The van der Waals surface area contributed by atoms with Crippen LogP contribution in [0.15, 0.2) is 24.3 Å². The predicted octanol–water partition coefficient (Wildman–Crippen LogP) is 1.52. The molecule has 1 rings (SSSR count). The second kappa shape index (κ2) is 8.59. The van der Waals surface area contributed by atoms with Crippen LogP contribution >= 0.6 is 12.2 Å². The van der Waals surface area contributed by atoms with Crippen molar-refractivity contribution in [3.8, 4) is 0 Å². The highest BCUT2D eigenvalue weighted by Crippen LogP contribution is 2.15. The molecule has 0 heterocycles. The summed E-state index contributed by atoms with van der Waals surface area (Å²) in [5, 5.41) is 0. The third kappa shape index (κ3) is 5.69. The summed E-state index contributed by atoms with van der Waals surface area (Å²) in [6.07, 6.45) is 0.512. The third-order valence-corrected chi connectivity index (χ3v) is 3.29. The van der Waals surface area contributed by atoms with E-state index in [0.717, 1.165) is 5.69 Å². The molecular formula is C15H23N3O2S. The van der Waals surface area contributed by atoms with E-state index in [-0.39, 0.29) is 5.91 Å². The molecule has 0 aliphatic rings. The summed E-state index contributed by atoms with van der Waals surface area (Å²) in [6.45, 7) is 1.50. The van der Waals surface area contributed by atoms with Crippen LogP contribution in [-0.2, 0) is 4.74 Å². The van der Waals surface area contributed by atoms with Gasteiger partial charge < -0.3 is 20.3 Å². The summed E-state index contributed by atoms with van der Waals surface area (Å²) in [7, 11) is 5.50. The van der Waals surface area contributed by atoms with Crippen LogP contribution in [0.25, 0.3) is 0 Å². The Balaban J connectivity index is 2.87. The molecule has 1 aromatic carbocycles. The van der Waals surface area contributed by atoms with Gasteiger partial charge in [-0.1, -0.05) is 18.3 Å². The highest BCUT2D eigenvalue weighted by molar-refractivity contribution is 7.80. The van der Waals surface area contributed by atoms with Crippen molar-refractivity contribution >= 4 is 28.8 Å². The minimum absolute atomic E-state index is 0.0352. The zero-order chi connectivity index (χ0) is 15.8. The van der Waals surface area contributed by atoms with E-state index in [1.165, 1.54) is 0 Å². The summed E-state index contributed by atoms with van der Waals surface area (Å²) in [4.78, 5) is 16.7. The first kappa shape index (κ1) is 17.4. The van der Waals surface area contributed by atoms with Gasteiger partial charge in [0, 0.05) is 52.0 Å². The van der Waals surface area contributed by atoms with E-state index in [0.29, 0.717) is 36.7 Å². The molecule has 0 atom stereocenters. The van der Waals surface area contributed by atoms with Crippen LogP contribution in [0.1, 0.15) is 16.8 Å². The number of nitrogens with zero attached hydrogens (tertiary/aromatic N) is 2. The van der Waals surface area contributed by atoms with E-state index in [4.69, 9.17) is 22.7 Å². The van der Waals surface area contributed by atoms with Crippen LogP contribution < -0.4 is 10.6 Å². The van der Waals surface area contributed by atoms with Crippen LogP contribution in [-0.4, -0.2) is 56.7 Å². The average Bonchev–Trinajstić information content (AvgIpc) is 2.46. The summed E-state index contributed by atoms with van der Waals surface area (Å²) >= 11 is 4.89. The number of methoxy groups -OCH3 is 1. The Kier molecular flexibility index (Phi) is 7.11. The minimum atomic E-state index is -0.0352. The lowest BCUT2D eigenvalue weighted by Crippen LogP contribution is -2.36. The number of benzene rings is 1. The number of carbonyl (C=O) groups is 1. The second-order valence-electron chi connectivity index (χ2n) is 4.95. The van der Waals surface area contributed by atoms with E-state index in [2.05, 4.69) is 0 Å². The molecule has 2 N–H and O–H groups in total. The van der Waals surface area contributed by atoms with Gasteiger partial charge in [0.1, 0.15) is 0 Å². The molecule has 0 aromatic heterocycles. The number of thiocarbonyl (C=S) groups is 1. The van der Waals surface area contributed by atoms with Gasteiger partial charge in [-0.05, 0) is 18.2 Å². The molecule has 0 radical (unpaired) electrons. The lowest BCUT2D eigenvalue weighted by Gasteiger charge is -2.23. The Morgan fingerprint density at radius 1 is 1.33 bits per heavy atom. The number of hydrogen-bond acceptors (Lipinski definition) is 4. The van der Waals surface area contributed by atoms with Gasteiger partial charge in [-0.3, -0.25) is 4.79 Å². The first-order chi connectivity index (χ1) is 9.95. The van der Waals surface area contributed by atoms with Gasteiger partial charge in [-0.15, -0.1) is 0 Å². The van der Waals surface area contributed by atoms with Crippen molar-refractivity contribution in [2.75, 3.05) is 45.8 Å². The molecule has 6 heteroatoms. The quantitative estimate of drug-likeness (QED) is 0.738. The van der Waals surface area contributed by atoms with E-state index in [1.807, 2.05) is 43.3 Å². The molecule has 1 amide bonds. The van der Waals surface area contributed by atoms with Gasteiger partial charge in [0.15, 0.2) is 0 Å². The van der Waals surface area contributed by atoms with Gasteiger partial charge >= 0.3 is 0 Å². The average molecular weight is 309 g/mol. The molecule has 21 heavy (non-hydrogen) atoms. The van der Waals surface area contributed by atoms with Gasteiger partial charge in [0.2, 0.25) is 0 Å². The zero-order valence-corrected chi connectivity index (χ0v) is 13.7. The third-order valence-electron chi connectivity index (χ3n) is 3.09. The van der Waals surface area contributed by atoms with Crippen LogP contribution in [0.4, 0.5) is 5.69 Å². The lowest BCUT2D eigenvalue weighted by atomic mass is 10.1. The van der Waals surface area contributed by atoms with E-state index >= 15 is 0 Å². The van der Waals surface area contributed by atoms with Gasteiger partial charge in [-0.2, -0.15) is 0 Å². The maximum absolute atomic E-state index is 12.6. The molecule has 1 aromatic rings. The van der Waals surface area contributed by atoms with Crippen molar-refractivity contribution in [3.05, 3.63) is 29.8 Å². The van der Waals surface area contributed by atoms with E-state index in [9.17, 15) is 4.79 Å². The monoisotopic (exact) mass is 309 g/mol. The fourth-order valence-corrected chi connectivity index (χ4v) is 1.95. The minimum Gasteiger partial charge on any atom is -0.393 e. The molecule has 0 fully saturated rings. The normalized spacial score (nSPS) is 10.2. The zero-order valence-electron chi connectivity index (χ0n) is 12.8. The summed E-state index contributed by atoms with van der Waals surface area (Å²) in [6, 6.07) is 7.54. The fraction of sp³-hybridized carbons (Fsp3) is 0.467. The molecule has 116 valence electrons. The largest absolute Gasteiger partial charge is 0.393 e. The van der Waals surface area contributed by atoms with E-state index in [1.54, 1.807) is 12.0 Å². The number of hydrogen-bond donors (Lipinski definition) is 1. The molecule has 5 nitrogen and oxygen atoms in total. The molecular weight excluding hydrogens is 286 g/mol. The lowest BCUT2D eigenvalue weighted by molar-refractivity contribution is 0.0701. The smallest absolute Gasteiger partial charge is 0.254 e. The number of carbonyl (C=O) groups excluding carboxylic acids is 1. The number of ether oxygens (including phenoxy) is 1. The topological polar surface area (TPSA) is 58.8 Å². The van der Waals surface area contributed by atoms with Gasteiger partial charge in [0.25, 0.3) is 5.91 Å². The number of rotatable bonds is 8. The maximum atomic E-state index is 12.6.